The van der Waals surface area contributed by atoms with Gasteiger partial charge in [-0.15, -0.1) is 0 Å². The quantitative estimate of drug-likeness (QED) is 0.881. The van der Waals surface area contributed by atoms with E-state index in [1.54, 1.807) is 0 Å². The van der Waals surface area contributed by atoms with Gasteiger partial charge < -0.3 is 9.80 Å². The highest BCUT2D eigenvalue weighted by molar-refractivity contribution is 6.28. The lowest BCUT2D eigenvalue weighted by Crippen LogP contribution is -2.47. The van der Waals surface area contributed by atoms with Crippen LogP contribution in [0.15, 0.2) is 0 Å². The number of hydrazine groups is 1. The van der Waals surface area contributed by atoms with Crippen LogP contribution in [0, 0.1) is 0 Å². The Balaban J connectivity index is 1.69. The Morgan fingerprint density at radius 2 is 1.65 bits per heavy atom. The van der Waals surface area contributed by atoms with Crippen LogP contribution in [0.1, 0.15) is 12.8 Å². The molecule has 1 N–H and O–H groups in total. The second-order valence-corrected chi connectivity index (χ2v) is 5.66. The molecule has 0 saturated carbocycles. The Morgan fingerprint density at radius 1 is 0.950 bits per heavy atom. The summed E-state index contributed by atoms with van der Waals surface area (Å²) in [4.78, 5) is 17.3. The third-order valence-electron chi connectivity index (χ3n) is 3.75. The first-order valence-electron chi connectivity index (χ1n) is 7.07. The summed E-state index contributed by atoms with van der Waals surface area (Å²) in [6.45, 7) is 5.94. The van der Waals surface area contributed by atoms with E-state index in [1.165, 1.54) is 12.8 Å². The van der Waals surface area contributed by atoms with Gasteiger partial charge in [-0.3, -0.25) is 5.43 Å². The number of piperazine rings is 1. The minimum Gasteiger partial charge on any atom is -0.341 e. The van der Waals surface area contributed by atoms with Crippen LogP contribution in [0.25, 0.3) is 0 Å². The van der Waals surface area contributed by atoms with Crippen molar-refractivity contribution in [3.63, 3.8) is 0 Å². The molecule has 8 heteroatoms. The molecule has 3 rings (SSSR count). The fourth-order valence-corrected chi connectivity index (χ4v) is 2.66. The van der Waals surface area contributed by atoms with Gasteiger partial charge >= 0.3 is 0 Å². The van der Waals surface area contributed by atoms with Gasteiger partial charge in [0.2, 0.25) is 17.2 Å². The van der Waals surface area contributed by atoms with Gasteiger partial charge in [0.05, 0.1) is 0 Å². The van der Waals surface area contributed by atoms with E-state index in [9.17, 15) is 0 Å². The number of nitrogens with one attached hydrogen (secondary N) is 1. The van der Waals surface area contributed by atoms with Crippen molar-refractivity contribution in [2.75, 3.05) is 56.6 Å². The zero-order chi connectivity index (χ0) is 13.9. The van der Waals surface area contributed by atoms with Gasteiger partial charge in [0.25, 0.3) is 0 Å². The van der Waals surface area contributed by atoms with Crippen molar-refractivity contribution >= 4 is 23.5 Å². The maximum absolute atomic E-state index is 6.01. The second kappa shape index (κ2) is 6.07. The standard InChI is InChI=1S/C12H20ClN7/c1-18-6-8-20(9-7-18)17-11-14-10(13)15-12(16-11)19-4-2-3-5-19/h2-9H2,1H3,(H,14,15,16,17). The number of halogens is 1. The van der Waals surface area contributed by atoms with E-state index in [0.29, 0.717) is 11.9 Å². The van der Waals surface area contributed by atoms with Crippen molar-refractivity contribution < 1.29 is 0 Å². The zero-order valence-electron chi connectivity index (χ0n) is 11.7. The predicted molar refractivity (Wildman–Crippen MR) is 79.0 cm³/mol. The monoisotopic (exact) mass is 297 g/mol. The molecule has 2 fully saturated rings. The van der Waals surface area contributed by atoms with Crippen molar-refractivity contribution in [2.45, 2.75) is 12.8 Å². The number of rotatable bonds is 3. The van der Waals surface area contributed by atoms with Gasteiger partial charge in [0.1, 0.15) is 0 Å². The van der Waals surface area contributed by atoms with Crippen LogP contribution in [0.5, 0.6) is 0 Å². The van der Waals surface area contributed by atoms with Crippen molar-refractivity contribution in [1.82, 2.24) is 24.9 Å². The first-order valence-corrected chi connectivity index (χ1v) is 7.45. The molecule has 0 unspecified atom stereocenters. The predicted octanol–water partition coefficient (Wildman–Crippen LogP) is 0.699. The third kappa shape index (κ3) is 3.28. The Bertz CT molecular complexity index is 455. The summed E-state index contributed by atoms with van der Waals surface area (Å²) in [7, 11) is 2.13. The molecule has 7 nitrogen and oxygen atoms in total. The van der Waals surface area contributed by atoms with Gasteiger partial charge in [-0.2, -0.15) is 15.0 Å². The number of likely N-dealkylation sites (N-methyl/N-ethyl adjacent to an activating group) is 1. The normalized spacial score (nSPS) is 21.4. The van der Waals surface area contributed by atoms with Crippen molar-refractivity contribution in [3.05, 3.63) is 5.28 Å². The Hall–Kier alpha value is -1.18. The molecule has 0 radical (unpaired) electrons. The van der Waals surface area contributed by atoms with Gasteiger partial charge in [-0.1, -0.05) is 0 Å². The van der Waals surface area contributed by atoms with E-state index in [2.05, 4.69) is 42.2 Å². The van der Waals surface area contributed by atoms with Crippen LogP contribution >= 0.6 is 11.6 Å². The average molecular weight is 298 g/mol. The molecule has 0 atom stereocenters. The second-order valence-electron chi connectivity index (χ2n) is 5.32. The first kappa shape index (κ1) is 13.8. The summed E-state index contributed by atoms with van der Waals surface area (Å²) in [5.74, 6) is 1.22. The summed E-state index contributed by atoms with van der Waals surface area (Å²) < 4.78 is 0. The highest BCUT2D eigenvalue weighted by Crippen LogP contribution is 2.18. The summed E-state index contributed by atoms with van der Waals surface area (Å²) in [5.41, 5.74) is 3.24. The topological polar surface area (TPSA) is 60.4 Å². The van der Waals surface area contributed by atoms with E-state index in [1.807, 2.05) is 0 Å². The summed E-state index contributed by atoms with van der Waals surface area (Å²) in [6, 6.07) is 0. The maximum atomic E-state index is 6.01. The van der Waals surface area contributed by atoms with Crippen LogP contribution in [-0.2, 0) is 0 Å². The average Bonchev–Trinajstić information content (AvgIpc) is 2.95. The number of hydrogen-bond acceptors (Lipinski definition) is 7. The zero-order valence-corrected chi connectivity index (χ0v) is 12.5. The fraction of sp³-hybridized carbons (Fsp3) is 0.750. The molecule has 110 valence electrons. The van der Waals surface area contributed by atoms with E-state index in [0.717, 1.165) is 39.3 Å². The molecule has 2 aliphatic heterocycles. The molecule has 0 spiro atoms. The fourth-order valence-electron chi connectivity index (χ4n) is 2.51. The van der Waals surface area contributed by atoms with E-state index in [-0.39, 0.29) is 5.28 Å². The Labute approximate surface area is 123 Å². The number of anilines is 2. The summed E-state index contributed by atoms with van der Waals surface area (Å²) in [5, 5.41) is 2.37. The number of hydrogen-bond donors (Lipinski definition) is 1. The molecular formula is C12H20ClN7. The van der Waals surface area contributed by atoms with Crippen molar-refractivity contribution in [3.8, 4) is 0 Å². The molecule has 0 bridgehead atoms. The lowest BCUT2D eigenvalue weighted by atomic mass is 10.4. The highest BCUT2D eigenvalue weighted by Gasteiger charge is 2.19. The lowest BCUT2D eigenvalue weighted by molar-refractivity contribution is 0.178. The van der Waals surface area contributed by atoms with Crippen LogP contribution in [0.2, 0.25) is 5.28 Å². The molecule has 2 saturated heterocycles. The van der Waals surface area contributed by atoms with E-state index >= 15 is 0 Å². The number of nitrogens with zero attached hydrogens (tertiary/aromatic N) is 6. The van der Waals surface area contributed by atoms with Crippen molar-refractivity contribution in [2.24, 2.45) is 0 Å². The molecule has 3 heterocycles. The Morgan fingerprint density at radius 3 is 2.35 bits per heavy atom. The molecule has 2 aliphatic rings. The van der Waals surface area contributed by atoms with Gasteiger partial charge in [0, 0.05) is 39.3 Å². The minimum absolute atomic E-state index is 0.249. The summed E-state index contributed by atoms with van der Waals surface area (Å²) in [6.07, 6.45) is 2.37. The minimum atomic E-state index is 0.249. The van der Waals surface area contributed by atoms with Gasteiger partial charge in [-0.05, 0) is 31.5 Å². The van der Waals surface area contributed by atoms with Crippen LogP contribution in [0.3, 0.4) is 0 Å². The molecule has 0 amide bonds. The first-order chi connectivity index (χ1) is 9.70. The van der Waals surface area contributed by atoms with Crippen LogP contribution in [-0.4, -0.2) is 71.2 Å². The van der Waals surface area contributed by atoms with Crippen molar-refractivity contribution in [1.29, 1.82) is 0 Å². The Kier molecular flexibility index (Phi) is 4.18. The largest absolute Gasteiger partial charge is 0.341 e. The SMILES string of the molecule is CN1CCN(Nc2nc(Cl)nc(N3CCCC3)n2)CC1. The third-order valence-corrected chi connectivity index (χ3v) is 3.92. The van der Waals surface area contributed by atoms with Gasteiger partial charge in [-0.25, -0.2) is 5.01 Å². The maximum Gasteiger partial charge on any atom is 0.243 e. The van der Waals surface area contributed by atoms with Crippen LogP contribution < -0.4 is 10.3 Å². The molecular weight excluding hydrogens is 278 g/mol. The van der Waals surface area contributed by atoms with E-state index in [4.69, 9.17) is 11.6 Å². The highest BCUT2D eigenvalue weighted by atomic mass is 35.5. The lowest BCUT2D eigenvalue weighted by Gasteiger charge is -2.32. The van der Waals surface area contributed by atoms with Crippen LogP contribution in [0.4, 0.5) is 11.9 Å². The smallest absolute Gasteiger partial charge is 0.243 e. The number of aromatic nitrogens is 3. The molecule has 0 aliphatic carbocycles. The molecule has 0 aromatic carbocycles. The molecule has 20 heavy (non-hydrogen) atoms. The van der Waals surface area contributed by atoms with Gasteiger partial charge in [0.15, 0.2) is 0 Å². The summed E-state index contributed by atoms with van der Waals surface area (Å²) >= 11 is 6.01. The molecule has 1 aromatic heterocycles. The van der Waals surface area contributed by atoms with E-state index < -0.39 is 0 Å². The molecule has 1 aromatic rings.